The number of methoxy groups -OCH3 is 4. The molecule has 0 saturated heterocycles. The second-order valence-corrected chi connectivity index (χ2v) is 24.3. The summed E-state index contributed by atoms with van der Waals surface area (Å²) in [5, 5.41) is 6.88. The van der Waals surface area contributed by atoms with E-state index in [-0.39, 0.29) is 15.1 Å². The number of rotatable bonds is 12. The van der Waals surface area contributed by atoms with Crippen molar-refractivity contribution in [3.05, 3.63) is 167 Å². The fourth-order valence-electron chi connectivity index (χ4n) is 8.41. The zero-order chi connectivity index (χ0) is 49.1. The summed E-state index contributed by atoms with van der Waals surface area (Å²) in [5.74, 6) is 5.27. The maximum absolute atomic E-state index is 6.20. The van der Waals surface area contributed by atoms with Crippen LogP contribution in [0.3, 0.4) is 0 Å². The van der Waals surface area contributed by atoms with Crippen LogP contribution < -0.4 is 50.8 Å². The normalized spacial score (nSPS) is 13.0. The van der Waals surface area contributed by atoms with Gasteiger partial charge < -0.3 is 18.9 Å². The minimum absolute atomic E-state index is 0.346. The Kier molecular flexibility index (Phi) is 20.6. The van der Waals surface area contributed by atoms with E-state index < -0.39 is 15.8 Å². The molecular formula is C56H64Cl2N2O4P2Ru. The number of nitrogens with zero attached hydrogens (tertiary/aromatic N) is 2. The molecule has 1 aliphatic carbocycles. The Balaban J connectivity index is 0.000000562. The fraction of sp³-hybridized carbons (Fsp3) is 0.286. The third-order valence-electron chi connectivity index (χ3n) is 11.0. The van der Waals surface area contributed by atoms with Gasteiger partial charge in [-0.25, -0.2) is 0 Å². The molecule has 0 unspecified atom stereocenters. The summed E-state index contributed by atoms with van der Waals surface area (Å²) in [6, 6.07) is 31.5. The number of aryl methyl sites for hydroxylation is 8. The van der Waals surface area contributed by atoms with Crippen LogP contribution in [0.5, 0.6) is 23.5 Å². The predicted octanol–water partition coefficient (Wildman–Crippen LogP) is 12.2. The van der Waals surface area contributed by atoms with Crippen molar-refractivity contribution in [3.63, 3.8) is 0 Å². The molecule has 6 nitrogen and oxygen atoms in total. The molecule has 0 amide bonds. The van der Waals surface area contributed by atoms with Crippen LogP contribution >= 0.6 is 35.2 Å². The molecule has 6 aromatic rings. The van der Waals surface area contributed by atoms with E-state index in [9.17, 15) is 0 Å². The Bertz CT molecular complexity index is 2430. The second-order valence-electron chi connectivity index (χ2n) is 17.3. The topological polar surface area (TPSA) is 62.7 Å². The van der Waals surface area contributed by atoms with Crippen LogP contribution in [0.2, 0.25) is 0 Å². The first-order chi connectivity index (χ1) is 31.9. The van der Waals surface area contributed by atoms with Gasteiger partial charge in [0.15, 0.2) is 0 Å². The van der Waals surface area contributed by atoms with E-state index in [1.165, 1.54) is 77.6 Å². The molecule has 0 spiro atoms. The average Bonchev–Trinajstić information content (AvgIpc) is 3.25. The summed E-state index contributed by atoms with van der Waals surface area (Å²) in [5.41, 5.74) is 11.2. The average molecular weight is 1060 g/mol. The molecular weight excluding hydrogens is 999 g/mol. The molecule has 0 atom stereocenters. The summed E-state index contributed by atoms with van der Waals surface area (Å²) < 4.78 is 24.4. The second kappa shape index (κ2) is 25.3. The number of hydrogen-bond donors (Lipinski definition) is 0. The maximum atomic E-state index is 6.20. The number of pyridine rings is 2. The van der Waals surface area contributed by atoms with Crippen LogP contribution in [0.1, 0.15) is 65.3 Å². The summed E-state index contributed by atoms with van der Waals surface area (Å²) in [6.07, 6.45) is 8.71. The summed E-state index contributed by atoms with van der Waals surface area (Å²) in [4.78, 5) is 10.0. The molecule has 0 aliphatic heterocycles. The number of halogens is 2. The van der Waals surface area contributed by atoms with E-state index in [1.807, 2.05) is 0 Å². The molecule has 354 valence electrons. The van der Waals surface area contributed by atoms with Crippen molar-refractivity contribution in [2.24, 2.45) is 5.92 Å². The van der Waals surface area contributed by atoms with Gasteiger partial charge in [-0.3, -0.25) is 0 Å². The van der Waals surface area contributed by atoms with Gasteiger partial charge >= 0.3 is 34.5 Å². The first-order valence-corrected chi connectivity index (χ1v) is 29.2. The quantitative estimate of drug-likeness (QED) is 0.0899. The zero-order valence-electron chi connectivity index (χ0n) is 41.5. The summed E-state index contributed by atoms with van der Waals surface area (Å²) in [7, 11) is 14.0. The Labute approximate surface area is 420 Å². The Morgan fingerprint density at radius 3 is 1.12 bits per heavy atom. The van der Waals surface area contributed by atoms with E-state index in [0.717, 1.165) is 21.7 Å². The molecule has 4 aromatic carbocycles. The SMILES string of the molecule is COc1cc(P(c2cc(C)cc(C)c2)c2cc(C)cc(C)c2)c(-c2cc(P(c3cc(C)cc(C)c3)c3cc(C)cc(C)c3)c(OC)nc2OC)c(OC)n1.C[C]1[CH][CH][C](C(C)C)[CH][CH]1.[Cl][Ru][Cl]. The van der Waals surface area contributed by atoms with Crippen molar-refractivity contribution in [2.45, 2.75) is 76.2 Å². The van der Waals surface area contributed by atoms with Crippen molar-refractivity contribution in [1.82, 2.24) is 9.97 Å². The van der Waals surface area contributed by atoms with E-state index in [1.54, 1.807) is 28.4 Å². The zero-order valence-corrected chi connectivity index (χ0v) is 46.5. The Morgan fingerprint density at radius 1 is 0.433 bits per heavy atom. The van der Waals surface area contributed by atoms with Gasteiger partial charge in [-0.1, -0.05) is 138 Å². The van der Waals surface area contributed by atoms with E-state index in [2.05, 4.69) is 187 Å². The van der Waals surface area contributed by atoms with Crippen LogP contribution in [0.15, 0.2) is 84.9 Å². The summed E-state index contributed by atoms with van der Waals surface area (Å²) in [6.45, 7) is 23.8. The van der Waals surface area contributed by atoms with Gasteiger partial charge in [-0.15, -0.1) is 0 Å². The molecule has 67 heavy (non-hydrogen) atoms. The number of hydrogen-bond acceptors (Lipinski definition) is 6. The standard InChI is InChI=1S/C46H50N2O4P2.C10H14.2ClH.Ru/c1-27-13-28(2)18-35(17-27)53(36-19-29(3)14-30(4)20-36)40-26-42(49-9)47-46(52-12)43(40)39-25-41(45(51-11)48-44(39)50-10)54(37-21-31(5)15-32(6)22-37)38-23-33(7)16-34(8)24-38;1-8(2)10-6-4-9(3)5-7-10;;;/h13-26H,1-12H3;4-8H,1-3H3;2*1H;/q;;;;+2/p-2. The van der Waals surface area contributed by atoms with Gasteiger partial charge in [0.05, 0.1) is 39.6 Å². The molecule has 6 radical (unpaired) electrons. The monoisotopic (exact) mass is 1060 g/mol. The van der Waals surface area contributed by atoms with Crippen LogP contribution in [0.25, 0.3) is 11.1 Å². The Morgan fingerprint density at radius 2 is 0.791 bits per heavy atom. The van der Waals surface area contributed by atoms with Crippen LogP contribution in [-0.4, -0.2) is 38.4 Å². The number of aromatic nitrogens is 2. The van der Waals surface area contributed by atoms with Crippen LogP contribution in [0, 0.1) is 98.8 Å². The minimum atomic E-state index is -1.17. The molecule has 7 rings (SSSR count). The van der Waals surface area contributed by atoms with E-state index in [4.69, 9.17) is 48.3 Å². The van der Waals surface area contributed by atoms with Crippen molar-refractivity contribution >= 4 is 67.1 Å². The van der Waals surface area contributed by atoms with Crippen molar-refractivity contribution in [1.29, 1.82) is 0 Å². The van der Waals surface area contributed by atoms with Crippen LogP contribution in [-0.2, 0) is 15.1 Å². The van der Waals surface area contributed by atoms with Gasteiger partial charge in [-0.05, 0) is 142 Å². The summed E-state index contributed by atoms with van der Waals surface area (Å²) >= 11 is -0.346. The Hall–Kier alpha value is -3.56. The van der Waals surface area contributed by atoms with Crippen LogP contribution in [0.4, 0.5) is 0 Å². The first-order valence-electron chi connectivity index (χ1n) is 22.1. The molecule has 1 aliphatic rings. The van der Waals surface area contributed by atoms with Gasteiger partial charge in [0.2, 0.25) is 23.5 Å². The molecule has 0 N–H and O–H groups in total. The third kappa shape index (κ3) is 14.3. The molecule has 2 aromatic heterocycles. The predicted molar refractivity (Wildman–Crippen MR) is 285 cm³/mol. The number of benzene rings is 4. The number of ether oxygens (including phenoxy) is 4. The van der Waals surface area contributed by atoms with E-state index in [0.29, 0.717) is 29.4 Å². The molecule has 1 fully saturated rings. The van der Waals surface area contributed by atoms with E-state index >= 15 is 0 Å². The van der Waals surface area contributed by atoms with Crippen molar-refractivity contribution < 1.29 is 34.1 Å². The van der Waals surface area contributed by atoms with Gasteiger partial charge in [0, 0.05) is 16.7 Å². The van der Waals surface area contributed by atoms with Crippen molar-refractivity contribution in [2.75, 3.05) is 28.4 Å². The fourth-order valence-corrected chi connectivity index (χ4v) is 14.0. The molecule has 0 bridgehead atoms. The molecule has 2 heterocycles. The molecule has 11 heteroatoms. The molecule has 1 saturated carbocycles. The third-order valence-corrected chi connectivity index (χ3v) is 15.8. The van der Waals surface area contributed by atoms with Gasteiger partial charge in [0.1, 0.15) is 0 Å². The van der Waals surface area contributed by atoms with Gasteiger partial charge in [-0.2, -0.15) is 9.97 Å². The van der Waals surface area contributed by atoms with Gasteiger partial charge in [0.25, 0.3) is 0 Å². The van der Waals surface area contributed by atoms with Crippen molar-refractivity contribution in [3.8, 4) is 34.6 Å². The first kappa shape index (κ1) is 54.4.